The largest absolute Gasteiger partial charge is 0.453 e. The molecule has 2 amide bonds. The van der Waals surface area contributed by atoms with Gasteiger partial charge in [0, 0.05) is 22.7 Å². The van der Waals surface area contributed by atoms with E-state index in [1.54, 1.807) is 35.2 Å². The number of carbonyl (C=O) groups excluding carboxylic acids is 2. The Morgan fingerprint density at radius 1 is 1.03 bits per heavy atom. The molecule has 1 aliphatic rings. The number of benzene rings is 2. The van der Waals surface area contributed by atoms with Gasteiger partial charge in [-0.25, -0.2) is 9.00 Å². The van der Waals surface area contributed by atoms with Gasteiger partial charge in [0.05, 0.1) is 13.2 Å². The van der Waals surface area contributed by atoms with Crippen molar-refractivity contribution in [2.75, 3.05) is 11.8 Å². The number of rotatable bonds is 11. The number of alkyl carbamates (subject to hydrolysis) is 1. The summed E-state index contributed by atoms with van der Waals surface area (Å²) < 4.78 is 27.3. The van der Waals surface area contributed by atoms with E-state index in [2.05, 4.69) is 26.7 Å². The smallest absolute Gasteiger partial charge is 0.407 e. The lowest BCUT2D eigenvalue weighted by Gasteiger charge is -2.25. The van der Waals surface area contributed by atoms with Gasteiger partial charge in [-0.05, 0) is 46.5 Å². The lowest BCUT2D eigenvalue weighted by atomic mass is 10.0. The Morgan fingerprint density at radius 3 is 2.42 bits per heavy atom. The van der Waals surface area contributed by atoms with Crippen LogP contribution in [0.4, 0.5) is 10.5 Å². The predicted octanol–water partition coefficient (Wildman–Crippen LogP) is 4.17. The van der Waals surface area contributed by atoms with E-state index in [4.69, 9.17) is 9.29 Å². The first-order valence-electron chi connectivity index (χ1n) is 11.7. The van der Waals surface area contributed by atoms with E-state index < -0.39 is 29.4 Å². The molecular formula is C26H28N4O5S3. The molecule has 3 aromatic rings. The lowest BCUT2D eigenvalue weighted by Crippen LogP contribution is -2.52. The van der Waals surface area contributed by atoms with Crippen LogP contribution in [0.3, 0.4) is 0 Å². The number of methoxy groups -OCH3 is 1. The quantitative estimate of drug-likeness (QED) is 0.218. The second-order valence-corrected chi connectivity index (χ2v) is 11.1. The molecule has 0 fully saturated rings. The third kappa shape index (κ3) is 7.84. The zero-order chi connectivity index (χ0) is 26.9. The van der Waals surface area contributed by atoms with Gasteiger partial charge in [-0.1, -0.05) is 48.5 Å². The number of hydrogen-bond acceptors (Lipinski definition) is 7. The minimum Gasteiger partial charge on any atom is -0.453 e. The molecule has 1 aromatic heterocycles. The summed E-state index contributed by atoms with van der Waals surface area (Å²) in [5, 5.41) is 13.4. The molecule has 2 unspecified atom stereocenters. The molecule has 0 saturated heterocycles. The SMILES string of the molecule is COC(=O)N[C@@H](Cc1ccccc1)C(=O)N[C@@H](Cc1ccc(NS(=O)O)cc1)C1=CSC(c2cccs2)N1. The maximum Gasteiger partial charge on any atom is 0.407 e. The summed E-state index contributed by atoms with van der Waals surface area (Å²) in [6, 6.07) is 19.3. The van der Waals surface area contributed by atoms with Gasteiger partial charge in [0.15, 0.2) is 0 Å². The number of carbonyl (C=O) groups is 2. The lowest BCUT2D eigenvalue weighted by molar-refractivity contribution is -0.123. The van der Waals surface area contributed by atoms with Crippen LogP contribution >= 0.6 is 23.1 Å². The average molecular weight is 573 g/mol. The molecule has 2 heterocycles. The van der Waals surface area contributed by atoms with Crippen LogP contribution in [0.15, 0.2) is 83.2 Å². The number of hydrogen-bond donors (Lipinski definition) is 5. The minimum absolute atomic E-state index is 0.0452. The van der Waals surface area contributed by atoms with Gasteiger partial charge in [0.1, 0.15) is 11.4 Å². The van der Waals surface area contributed by atoms with Crippen LogP contribution < -0.4 is 20.7 Å². The first-order chi connectivity index (χ1) is 18.4. The maximum atomic E-state index is 13.5. The van der Waals surface area contributed by atoms with Gasteiger partial charge < -0.3 is 20.7 Å². The van der Waals surface area contributed by atoms with Crippen molar-refractivity contribution in [3.05, 3.63) is 99.2 Å². The van der Waals surface area contributed by atoms with Crippen molar-refractivity contribution in [2.45, 2.75) is 30.3 Å². The molecule has 4 atom stereocenters. The van der Waals surface area contributed by atoms with Crippen LogP contribution in [-0.2, 0) is 33.6 Å². The van der Waals surface area contributed by atoms with Crippen LogP contribution in [0.2, 0.25) is 0 Å². The average Bonchev–Trinajstić information content (AvgIpc) is 3.62. The van der Waals surface area contributed by atoms with Gasteiger partial charge >= 0.3 is 6.09 Å². The van der Waals surface area contributed by atoms with E-state index in [9.17, 15) is 13.8 Å². The predicted molar refractivity (Wildman–Crippen MR) is 152 cm³/mol. The van der Waals surface area contributed by atoms with Crippen LogP contribution in [0.25, 0.3) is 0 Å². The third-order valence-electron chi connectivity index (χ3n) is 5.80. The van der Waals surface area contributed by atoms with E-state index in [1.807, 2.05) is 59.3 Å². The molecule has 0 radical (unpaired) electrons. The summed E-state index contributed by atoms with van der Waals surface area (Å²) in [5.41, 5.74) is 3.18. The fourth-order valence-corrected chi connectivity index (χ4v) is 6.20. The van der Waals surface area contributed by atoms with Crippen molar-refractivity contribution >= 4 is 52.1 Å². The molecule has 0 aliphatic carbocycles. The maximum absolute atomic E-state index is 13.5. The van der Waals surface area contributed by atoms with Crippen LogP contribution in [-0.4, -0.2) is 40.0 Å². The number of anilines is 1. The van der Waals surface area contributed by atoms with Crippen molar-refractivity contribution in [2.24, 2.45) is 0 Å². The summed E-state index contributed by atoms with van der Waals surface area (Å²) in [6.45, 7) is 0. The standard InChI is InChI=1S/C26H28N4O5S3/c1-35-26(32)29-21(15-17-6-3-2-4-7-17)24(31)27-20(14-18-9-11-19(12-10-18)30-38(33)34)22-16-37-25(28-22)23-8-5-13-36-23/h2-13,16,20-21,25,28,30H,14-15H2,1H3,(H,27,31)(H,29,32)(H,33,34)/t20-,21-,25?/m0/s1. The molecule has 200 valence electrons. The van der Waals surface area contributed by atoms with E-state index in [0.717, 1.165) is 16.8 Å². The highest BCUT2D eigenvalue weighted by Gasteiger charge is 2.29. The Labute approximate surface area is 231 Å². The van der Waals surface area contributed by atoms with Crippen LogP contribution in [0.1, 0.15) is 21.4 Å². The Bertz CT molecular complexity index is 1270. The molecule has 0 saturated carbocycles. The molecule has 0 bridgehead atoms. The van der Waals surface area contributed by atoms with Gasteiger partial charge in [-0.15, -0.1) is 23.1 Å². The highest BCUT2D eigenvalue weighted by atomic mass is 32.2. The third-order valence-corrected chi connectivity index (χ3v) is 8.33. The van der Waals surface area contributed by atoms with Crippen LogP contribution in [0, 0.1) is 0 Å². The Hall–Kier alpha value is -3.32. The minimum atomic E-state index is -2.16. The van der Waals surface area contributed by atoms with E-state index in [1.165, 1.54) is 12.0 Å². The highest BCUT2D eigenvalue weighted by molar-refractivity contribution is 8.02. The molecule has 4 rings (SSSR count). The first-order valence-corrected chi connectivity index (χ1v) is 14.6. The monoisotopic (exact) mass is 572 g/mol. The molecule has 9 nitrogen and oxygen atoms in total. The summed E-state index contributed by atoms with van der Waals surface area (Å²) >= 11 is 1.13. The molecule has 2 aromatic carbocycles. The zero-order valence-electron chi connectivity index (χ0n) is 20.5. The summed E-state index contributed by atoms with van der Waals surface area (Å²) in [7, 11) is 1.26. The van der Waals surface area contributed by atoms with Crippen molar-refractivity contribution in [1.29, 1.82) is 0 Å². The molecule has 12 heteroatoms. The van der Waals surface area contributed by atoms with Crippen molar-refractivity contribution < 1.29 is 23.1 Å². The number of thioether (sulfide) groups is 1. The van der Waals surface area contributed by atoms with E-state index in [-0.39, 0.29) is 11.3 Å². The second kappa shape index (κ2) is 13.5. The molecular weight excluding hydrogens is 545 g/mol. The number of ether oxygens (including phenoxy) is 1. The fourth-order valence-electron chi connectivity index (χ4n) is 3.94. The Balaban J connectivity index is 1.53. The molecule has 38 heavy (non-hydrogen) atoms. The van der Waals surface area contributed by atoms with Crippen molar-refractivity contribution in [1.82, 2.24) is 16.0 Å². The molecule has 5 N–H and O–H groups in total. The fraction of sp³-hybridized carbons (Fsp3) is 0.231. The Kier molecular flexibility index (Phi) is 9.82. The van der Waals surface area contributed by atoms with Gasteiger partial charge in [-0.3, -0.25) is 14.1 Å². The second-order valence-electron chi connectivity index (χ2n) is 8.44. The number of nitrogens with one attached hydrogen (secondary N) is 4. The van der Waals surface area contributed by atoms with Crippen LogP contribution in [0.5, 0.6) is 0 Å². The summed E-state index contributed by atoms with van der Waals surface area (Å²) in [6.07, 6.45) is 0.0707. The van der Waals surface area contributed by atoms with Gasteiger partial charge in [0.25, 0.3) is 11.3 Å². The summed E-state index contributed by atoms with van der Waals surface area (Å²) in [4.78, 5) is 26.8. The van der Waals surface area contributed by atoms with E-state index in [0.29, 0.717) is 18.5 Å². The van der Waals surface area contributed by atoms with Crippen molar-refractivity contribution in [3.8, 4) is 0 Å². The number of thiophene rings is 1. The zero-order valence-corrected chi connectivity index (χ0v) is 22.9. The van der Waals surface area contributed by atoms with E-state index >= 15 is 0 Å². The normalized spacial score (nSPS) is 16.9. The molecule has 0 spiro atoms. The first kappa shape index (κ1) is 27.7. The highest BCUT2D eigenvalue weighted by Crippen LogP contribution is 2.37. The van der Waals surface area contributed by atoms with Crippen molar-refractivity contribution in [3.63, 3.8) is 0 Å². The molecule has 1 aliphatic heterocycles. The Morgan fingerprint density at radius 2 is 1.76 bits per heavy atom. The number of amides is 2. The van der Waals surface area contributed by atoms with Gasteiger partial charge in [0.2, 0.25) is 5.91 Å². The topological polar surface area (TPSA) is 129 Å². The summed E-state index contributed by atoms with van der Waals surface area (Å²) in [5.74, 6) is -0.342. The van der Waals surface area contributed by atoms with Gasteiger partial charge in [-0.2, -0.15) is 0 Å².